The molecule has 5 heteroatoms. The summed E-state index contributed by atoms with van der Waals surface area (Å²) in [7, 11) is 1.70. The van der Waals surface area contributed by atoms with E-state index in [2.05, 4.69) is 5.10 Å². The first kappa shape index (κ1) is 11.7. The van der Waals surface area contributed by atoms with E-state index in [1.807, 2.05) is 0 Å². The molecule has 0 saturated carbocycles. The first-order valence-electron chi connectivity index (χ1n) is 5.13. The molecule has 90 valence electrons. The number of nitrogens with zero attached hydrogens (tertiary/aromatic N) is 2. The van der Waals surface area contributed by atoms with Crippen molar-refractivity contribution in [3.8, 4) is 0 Å². The third-order valence-corrected chi connectivity index (χ3v) is 2.84. The van der Waals surface area contributed by atoms with Crippen molar-refractivity contribution < 1.29 is 13.9 Å². The third kappa shape index (κ3) is 1.93. The molecule has 0 saturated heterocycles. The van der Waals surface area contributed by atoms with Crippen LogP contribution in [0.2, 0.25) is 0 Å². The Morgan fingerprint density at radius 3 is 2.35 bits per heavy atom. The van der Waals surface area contributed by atoms with Gasteiger partial charge in [0.05, 0.1) is 11.8 Å². The summed E-state index contributed by atoms with van der Waals surface area (Å²) < 4.78 is 28.5. The van der Waals surface area contributed by atoms with E-state index in [1.54, 1.807) is 14.0 Å². The highest BCUT2D eigenvalue weighted by Gasteiger charge is 2.22. The molecule has 0 aliphatic carbocycles. The van der Waals surface area contributed by atoms with Gasteiger partial charge in [-0.3, -0.25) is 4.68 Å². The van der Waals surface area contributed by atoms with E-state index in [4.69, 9.17) is 0 Å². The second-order valence-electron chi connectivity index (χ2n) is 3.85. The van der Waals surface area contributed by atoms with Crippen LogP contribution in [-0.4, -0.2) is 14.9 Å². The van der Waals surface area contributed by atoms with E-state index in [9.17, 15) is 13.9 Å². The smallest absolute Gasteiger partial charge is 0.132 e. The molecular weight excluding hydrogens is 226 g/mol. The lowest BCUT2D eigenvalue weighted by molar-refractivity contribution is 0.208. The predicted octanol–water partition coefficient (Wildman–Crippen LogP) is 2.09. The zero-order chi connectivity index (χ0) is 12.6. The maximum absolute atomic E-state index is 13.5. The van der Waals surface area contributed by atoms with E-state index >= 15 is 0 Å². The van der Waals surface area contributed by atoms with Gasteiger partial charge in [0.15, 0.2) is 0 Å². The molecule has 3 nitrogen and oxygen atoms in total. The molecule has 0 radical (unpaired) electrons. The van der Waals surface area contributed by atoms with Crippen LogP contribution in [0, 0.1) is 18.6 Å². The van der Waals surface area contributed by atoms with Crippen LogP contribution in [-0.2, 0) is 7.05 Å². The van der Waals surface area contributed by atoms with Crippen molar-refractivity contribution >= 4 is 0 Å². The Morgan fingerprint density at radius 2 is 1.88 bits per heavy atom. The first-order chi connectivity index (χ1) is 8.02. The van der Waals surface area contributed by atoms with Gasteiger partial charge in [0.2, 0.25) is 0 Å². The molecule has 1 unspecified atom stereocenters. The highest BCUT2D eigenvalue weighted by atomic mass is 19.1. The van der Waals surface area contributed by atoms with Crippen LogP contribution >= 0.6 is 0 Å². The third-order valence-electron chi connectivity index (χ3n) is 2.84. The topological polar surface area (TPSA) is 38.1 Å². The monoisotopic (exact) mass is 238 g/mol. The van der Waals surface area contributed by atoms with E-state index in [1.165, 1.54) is 16.9 Å². The van der Waals surface area contributed by atoms with Crippen LogP contribution in [0.25, 0.3) is 0 Å². The predicted molar refractivity (Wildman–Crippen MR) is 58.4 cm³/mol. The maximum atomic E-state index is 13.5. The fourth-order valence-electron chi connectivity index (χ4n) is 1.71. The number of aliphatic hydroxyl groups is 1. The number of halogens is 2. The molecule has 1 heterocycles. The summed E-state index contributed by atoms with van der Waals surface area (Å²) in [4.78, 5) is 0. The number of aromatic nitrogens is 2. The lowest BCUT2D eigenvalue weighted by Crippen LogP contribution is -2.07. The summed E-state index contributed by atoms with van der Waals surface area (Å²) >= 11 is 0. The molecule has 17 heavy (non-hydrogen) atoms. The summed E-state index contributed by atoms with van der Waals surface area (Å²) in [6, 6.07) is 3.50. The number of hydrogen-bond acceptors (Lipinski definition) is 2. The van der Waals surface area contributed by atoms with Crippen LogP contribution in [0.5, 0.6) is 0 Å². The van der Waals surface area contributed by atoms with Crippen LogP contribution < -0.4 is 0 Å². The minimum absolute atomic E-state index is 0.344. The molecule has 0 spiro atoms. The Bertz CT molecular complexity index is 531. The standard InChI is InChI=1S/C12H12F2N2O/c1-7-8(6-15-16(7)2)12(17)11-9(13)4-3-5-10(11)14/h3-6,12,17H,1-2H3. The Kier molecular flexibility index (Phi) is 2.93. The van der Waals surface area contributed by atoms with Gasteiger partial charge in [0.1, 0.15) is 17.7 Å². The molecule has 1 atom stereocenters. The van der Waals surface area contributed by atoms with Crippen molar-refractivity contribution in [1.82, 2.24) is 9.78 Å². The Balaban J connectivity index is 2.51. The quantitative estimate of drug-likeness (QED) is 0.870. The minimum Gasteiger partial charge on any atom is -0.383 e. The fraction of sp³-hybridized carbons (Fsp3) is 0.250. The average molecular weight is 238 g/mol. The van der Waals surface area contributed by atoms with Crippen molar-refractivity contribution in [3.05, 3.63) is 52.9 Å². The molecule has 2 aromatic rings. The highest BCUT2D eigenvalue weighted by molar-refractivity contribution is 5.32. The zero-order valence-electron chi connectivity index (χ0n) is 9.48. The zero-order valence-corrected chi connectivity index (χ0v) is 9.48. The summed E-state index contributed by atoms with van der Waals surface area (Å²) in [5.41, 5.74) is 0.722. The van der Waals surface area contributed by atoms with Crippen LogP contribution in [0.15, 0.2) is 24.4 Å². The SMILES string of the molecule is Cc1c(C(O)c2c(F)cccc2F)cnn1C. The number of hydrogen-bond donors (Lipinski definition) is 1. The maximum Gasteiger partial charge on any atom is 0.132 e. The second kappa shape index (κ2) is 4.25. The molecule has 0 fully saturated rings. The number of rotatable bonds is 2. The van der Waals surface area contributed by atoms with Gasteiger partial charge in [-0.2, -0.15) is 5.10 Å². The average Bonchev–Trinajstić information content (AvgIpc) is 2.59. The molecule has 0 aliphatic heterocycles. The van der Waals surface area contributed by atoms with Crippen LogP contribution in [0.4, 0.5) is 8.78 Å². The summed E-state index contributed by atoms with van der Waals surface area (Å²) in [6.07, 6.45) is 0.0659. The lowest BCUT2D eigenvalue weighted by atomic mass is 10.0. The largest absolute Gasteiger partial charge is 0.383 e. The number of aryl methyl sites for hydroxylation is 1. The molecule has 1 N–H and O–H groups in total. The molecular formula is C12H12F2N2O. The Hall–Kier alpha value is -1.75. The van der Waals surface area contributed by atoms with Gasteiger partial charge >= 0.3 is 0 Å². The summed E-state index contributed by atoms with van der Waals surface area (Å²) in [6.45, 7) is 1.73. The molecule has 0 bridgehead atoms. The number of benzene rings is 1. The van der Waals surface area contributed by atoms with Crippen molar-refractivity contribution in [3.63, 3.8) is 0 Å². The van der Waals surface area contributed by atoms with Gasteiger partial charge < -0.3 is 5.11 Å². The van der Waals surface area contributed by atoms with Gasteiger partial charge in [-0.25, -0.2) is 8.78 Å². The Labute approximate surface area is 97.3 Å². The lowest BCUT2D eigenvalue weighted by Gasteiger charge is -2.12. The van der Waals surface area contributed by atoms with Crippen molar-refractivity contribution in [2.75, 3.05) is 0 Å². The van der Waals surface area contributed by atoms with Crippen LogP contribution in [0.1, 0.15) is 22.9 Å². The molecule has 2 rings (SSSR count). The normalized spacial score (nSPS) is 12.8. The van der Waals surface area contributed by atoms with Gasteiger partial charge in [-0.05, 0) is 19.1 Å². The van der Waals surface area contributed by atoms with E-state index in [0.717, 1.165) is 12.1 Å². The molecule has 1 aromatic carbocycles. The molecule has 0 amide bonds. The summed E-state index contributed by atoms with van der Waals surface area (Å²) in [5, 5.41) is 13.9. The second-order valence-corrected chi connectivity index (χ2v) is 3.85. The van der Waals surface area contributed by atoms with E-state index in [0.29, 0.717) is 11.3 Å². The minimum atomic E-state index is -1.34. The van der Waals surface area contributed by atoms with Gasteiger partial charge in [-0.1, -0.05) is 6.07 Å². The highest BCUT2D eigenvalue weighted by Crippen LogP contribution is 2.28. The van der Waals surface area contributed by atoms with Gasteiger partial charge in [0.25, 0.3) is 0 Å². The first-order valence-corrected chi connectivity index (χ1v) is 5.13. The number of aliphatic hydroxyl groups excluding tert-OH is 1. The van der Waals surface area contributed by atoms with E-state index < -0.39 is 17.7 Å². The molecule has 0 aliphatic rings. The fourth-order valence-corrected chi connectivity index (χ4v) is 1.71. The van der Waals surface area contributed by atoms with E-state index in [-0.39, 0.29) is 5.56 Å². The Morgan fingerprint density at radius 1 is 1.29 bits per heavy atom. The van der Waals surface area contributed by atoms with Crippen molar-refractivity contribution in [2.45, 2.75) is 13.0 Å². The summed E-state index contributed by atoms with van der Waals surface area (Å²) in [5.74, 6) is -1.53. The van der Waals surface area contributed by atoms with Gasteiger partial charge in [-0.15, -0.1) is 0 Å². The molecule has 1 aromatic heterocycles. The van der Waals surface area contributed by atoms with Crippen LogP contribution in [0.3, 0.4) is 0 Å². The van der Waals surface area contributed by atoms with Gasteiger partial charge in [0, 0.05) is 18.3 Å². The van der Waals surface area contributed by atoms with Crippen molar-refractivity contribution in [1.29, 1.82) is 0 Å². The van der Waals surface area contributed by atoms with Crippen molar-refractivity contribution in [2.24, 2.45) is 7.05 Å².